The van der Waals surface area contributed by atoms with Crippen molar-refractivity contribution < 1.29 is 9.53 Å². The molecule has 2 aliphatic rings. The van der Waals surface area contributed by atoms with Gasteiger partial charge in [0.2, 0.25) is 5.91 Å². The van der Waals surface area contributed by atoms with Crippen molar-refractivity contribution in [1.82, 2.24) is 4.90 Å². The number of amides is 1. The first-order valence-electron chi connectivity index (χ1n) is 7.33. The first-order chi connectivity index (χ1) is 9.79. The zero-order chi connectivity index (χ0) is 13.9. The summed E-state index contributed by atoms with van der Waals surface area (Å²) in [4.78, 5) is 14.7. The molecule has 1 aliphatic heterocycles. The molecule has 0 bridgehead atoms. The Morgan fingerprint density at radius 1 is 1.40 bits per heavy atom. The van der Waals surface area contributed by atoms with Crippen LogP contribution in [0, 0.1) is 0 Å². The number of morpholine rings is 1. The van der Waals surface area contributed by atoms with Crippen molar-refractivity contribution in [3.63, 3.8) is 0 Å². The van der Waals surface area contributed by atoms with Gasteiger partial charge in [-0.1, -0.05) is 24.3 Å². The van der Waals surface area contributed by atoms with Crippen LogP contribution in [-0.4, -0.2) is 42.5 Å². The van der Waals surface area contributed by atoms with Crippen LogP contribution in [0.3, 0.4) is 0 Å². The molecule has 2 atom stereocenters. The molecule has 0 N–H and O–H groups in total. The molecule has 0 radical (unpaired) electrons. The van der Waals surface area contributed by atoms with Crippen LogP contribution in [0.5, 0.6) is 0 Å². The van der Waals surface area contributed by atoms with E-state index in [9.17, 15) is 4.79 Å². The summed E-state index contributed by atoms with van der Waals surface area (Å²) in [6, 6.07) is 8.35. The van der Waals surface area contributed by atoms with Crippen molar-refractivity contribution >= 4 is 17.5 Å². The summed E-state index contributed by atoms with van der Waals surface area (Å²) >= 11 is 5.85. The predicted molar refractivity (Wildman–Crippen MR) is 79.2 cm³/mol. The van der Waals surface area contributed by atoms with Crippen molar-refractivity contribution in [3.05, 3.63) is 35.4 Å². The van der Waals surface area contributed by atoms with Gasteiger partial charge in [-0.15, -0.1) is 11.6 Å². The molecule has 2 unspecified atom stereocenters. The van der Waals surface area contributed by atoms with Crippen LogP contribution in [0.2, 0.25) is 0 Å². The maximum atomic E-state index is 12.8. The third kappa shape index (κ3) is 2.70. The molecule has 3 rings (SSSR count). The van der Waals surface area contributed by atoms with Crippen LogP contribution in [0.4, 0.5) is 0 Å². The van der Waals surface area contributed by atoms with Crippen LogP contribution in [-0.2, 0) is 16.0 Å². The Morgan fingerprint density at radius 3 is 3.10 bits per heavy atom. The highest BCUT2D eigenvalue weighted by Crippen LogP contribution is 2.33. The molecule has 1 heterocycles. The van der Waals surface area contributed by atoms with E-state index in [1.54, 1.807) is 0 Å². The number of hydrogen-bond donors (Lipinski definition) is 0. The highest BCUT2D eigenvalue weighted by Gasteiger charge is 2.32. The first-order valence-corrected chi connectivity index (χ1v) is 7.87. The van der Waals surface area contributed by atoms with Crippen LogP contribution < -0.4 is 0 Å². The minimum atomic E-state index is -0.0202. The van der Waals surface area contributed by atoms with E-state index in [2.05, 4.69) is 18.2 Å². The maximum Gasteiger partial charge on any atom is 0.230 e. The molecule has 3 nitrogen and oxygen atoms in total. The second-order valence-corrected chi connectivity index (χ2v) is 5.88. The van der Waals surface area contributed by atoms with Gasteiger partial charge < -0.3 is 9.64 Å². The molecule has 1 amide bonds. The van der Waals surface area contributed by atoms with E-state index in [0.717, 1.165) is 19.3 Å². The predicted octanol–water partition coefficient (Wildman–Crippen LogP) is 2.57. The van der Waals surface area contributed by atoms with E-state index >= 15 is 0 Å². The Morgan fingerprint density at radius 2 is 2.25 bits per heavy atom. The number of halogens is 1. The molecule has 4 heteroatoms. The summed E-state index contributed by atoms with van der Waals surface area (Å²) in [5, 5.41) is 0. The summed E-state index contributed by atoms with van der Waals surface area (Å²) in [5.41, 5.74) is 2.55. The fourth-order valence-electron chi connectivity index (χ4n) is 3.24. The number of ether oxygens (including phenoxy) is 1. The maximum absolute atomic E-state index is 12.8. The van der Waals surface area contributed by atoms with Gasteiger partial charge in [-0.05, 0) is 30.4 Å². The van der Waals surface area contributed by atoms with Gasteiger partial charge in [-0.3, -0.25) is 4.79 Å². The second kappa shape index (κ2) is 6.15. The van der Waals surface area contributed by atoms with E-state index < -0.39 is 0 Å². The number of alkyl halides is 1. The highest BCUT2D eigenvalue weighted by molar-refractivity contribution is 6.18. The van der Waals surface area contributed by atoms with Crippen molar-refractivity contribution in [2.75, 3.05) is 25.6 Å². The minimum absolute atomic E-state index is 0.0202. The lowest BCUT2D eigenvalue weighted by atomic mass is 9.82. The number of fused-ring (bicyclic) bond motifs is 1. The molecule has 108 valence electrons. The number of hydrogen-bond acceptors (Lipinski definition) is 2. The Labute approximate surface area is 124 Å². The molecule has 1 saturated heterocycles. The molecule has 1 aromatic rings. The second-order valence-electron chi connectivity index (χ2n) is 5.57. The third-order valence-electron chi connectivity index (χ3n) is 4.29. The summed E-state index contributed by atoms with van der Waals surface area (Å²) < 4.78 is 5.54. The average molecular weight is 294 g/mol. The molecular formula is C16H20ClNO2. The summed E-state index contributed by atoms with van der Waals surface area (Å²) in [7, 11) is 0. The Kier molecular flexibility index (Phi) is 4.27. The molecule has 0 saturated carbocycles. The lowest BCUT2D eigenvalue weighted by Crippen LogP contribution is -2.48. The number of aryl methyl sites for hydroxylation is 1. The van der Waals surface area contributed by atoms with Crippen LogP contribution in [0.1, 0.15) is 29.9 Å². The van der Waals surface area contributed by atoms with E-state index in [0.29, 0.717) is 25.6 Å². The SMILES string of the molecule is O=C(C1CCCc2ccccc21)N1CCOC(CCl)C1. The van der Waals surface area contributed by atoms with Crippen LogP contribution in [0.25, 0.3) is 0 Å². The first kappa shape index (κ1) is 13.9. The van der Waals surface area contributed by atoms with Gasteiger partial charge in [0.25, 0.3) is 0 Å². The Bertz CT molecular complexity index is 491. The zero-order valence-corrected chi connectivity index (χ0v) is 12.3. The van der Waals surface area contributed by atoms with Crippen LogP contribution >= 0.6 is 11.6 Å². The quantitative estimate of drug-likeness (QED) is 0.785. The van der Waals surface area contributed by atoms with Crippen LogP contribution in [0.15, 0.2) is 24.3 Å². The molecule has 20 heavy (non-hydrogen) atoms. The normalized spacial score (nSPS) is 26.1. The van der Waals surface area contributed by atoms with Crippen molar-refractivity contribution in [2.45, 2.75) is 31.3 Å². The minimum Gasteiger partial charge on any atom is -0.373 e. The molecule has 1 fully saturated rings. The van der Waals surface area contributed by atoms with E-state index in [-0.39, 0.29) is 17.9 Å². The lowest BCUT2D eigenvalue weighted by Gasteiger charge is -2.36. The van der Waals surface area contributed by atoms with Gasteiger partial charge in [0.1, 0.15) is 0 Å². The molecule has 1 aliphatic carbocycles. The van der Waals surface area contributed by atoms with E-state index in [1.165, 1.54) is 11.1 Å². The third-order valence-corrected chi connectivity index (χ3v) is 4.63. The number of carbonyl (C=O) groups is 1. The van der Waals surface area contributed by atoms with Gasteiger partial charge in [0, 0.05) is 13.1 Å². The Hall–Kier alpha value is -1.06. The average Bonchev–Trinajstić information content (AvgIpc) is 2.53. The highest BCUT2D eigenvalue weighted by atomic mass is 35.5. The standard InChI is InChI=1S/C16H20ClNO2/c17-10-13-11-18(8-9-20-13)16(19)15-7-3-5-12-4-1-2-6-14(12)15/h1-2,4,6,13,15H,3,5,7-11H2. The summed E-state index contributed by atoms with van der Waals surface area (Å²) in [6.07, 6.45) is 3.12. The zero-order valence-electron chi connectivity index (χ0n) is 11.6. The van der Waals surface area contributed by atoms with Gasteiger partial charge in [0.05, 0.1) is 24.5 Å². The number of carbonyl (C=O) groups excluding carboxylic acids is 1. The summed E-state index contributed by atoms with van der Waals surface area (Å²) in [6.45, 7) is 1.91. The van der Waals surface area contributed by atoms with Gasteiger partial charge in [-0.2, -0.15) is 0 Å². The molecule has 1 aromatic carbocycles. The van der Waals surface area contributed by atoms with Crippen molar-refractivity contribution in [1.29, 1.82) is 0 Å². The fraction of sp³-hybridized carbons (Fsp3) is 0.562. The lowest BCUT2D eigenvalue weighted by molar-refractivity contribution is -0.140. The molecular weight excluding hydrogens is 274 g/mol. The number of benzene rings is 1. The summed E-state index contributed by atoms with van der Waals surface area (Å²) in [5.74, 6) is 0.718. The topological polar surface area (TPSA) is 29.5 Å². The number of nitrogens with zero attached hydrogens (tertiary/aromatic N) is 1. The van der Waals surface area contributed by atoms with E-state index in [1.807, 2.05) is 11.0 Å². The number of rotatable bonds is 2. The van der Waals surface area contributed by atoms with Gasteiger partial charge >= 0.3 is 0 Å². The van der Waals surface area contributed by atoms with E-state index in [4.69, 9.17) is 16.3 Å². The van der Waals surface area contributed by atoms with Gasteiger partial charge in [0.15, 0.2) is 0 Å². The van der Waals surface area contributed by atoms with Crippen molar-refractivity contribution in [3.8, 4) is 0 Å². The Balaban J connectivity index is 1.78. The molecule has 0 aromatic heterocycles. The fourth-order valence-corrected chi connectivity index (χ4v) is 3.43. The monoisotopic (exact) mass is 293 g/mol. The largest absolute Gasteiger partial charge is 0.373 e. The van der Waals surface area contributed by atoms with Crippen molar-refractivity contribution in [2.24, 2.45) is 0 Å². The van der Waals surface area contributed by atoms with Gasteiger partial charge in [-0.25, -0.2) is 0 Å². The molecule has 0 spiro atoms. The smallest absolute Gasteiger partial charge is 0.230 e.